The first-order valence-electron chi connectivity index (χ1n) is 6.40. The quantitative estimate of drug-likeness (QED) is 0.846. The molecule has 0 aliphatic carbocycles. The summed E-state index contributed by atoms with van der Waals surface area (Å²) in [6.07, 6.45) is 0. The van der Waals surface area contributed by atoms with Crippen LogP contribution in [0.3, 0.4) is 0 Å². The summed E-state index contributed by atoms with van der Waals surface area (Å²) in [5, 5.41) is 3.48. The van der Waals surface area contributed by atoms with E-state index < -0.39 is 0 Å². The molecular formula is C16H15BrClNO2. The lowest BCUT2D eigenvalue weighted by atomic mass is 10.1. The third-order valence-electron chi connectivity index (χ3n) is 2.88. The molecule has 0 spiro atoms. The van der Waals surface area contributed by atoms with Gasteiger partial charge in [-0.25, -0.2) is 0 Å². The van der Waals surface area contributed by atoms with Crippen LogP contribution in [0.25, 0.3) is 0 Å². The summed E-state index contributed by atoms with van der Waals surface area (Å²) >= 11 is 9.25. The summed E-state index contributed by atoms with van der Waals surface area (Å²) in [7, 11) is 0. The monoisotopic (exact) mass is 367 g/mol. The van der Waals surface area contributed by atoms with Crippen molar-refractivity contribution in [3.05, 3.63) is 57.0 Å². The Balaban J connectivity index is 1.97. The van der Waals surface area contributed by atoms with E-state index >= 15 is 0 Å². The molecule has 0 bridgehead atoms. The molecule has 0 heterocycles. The fraction of sp³-hybridized carbons (Fsp3) is 0.188. The lowest BCUT2D eigenvalue weighted by Gasteiger charge is -2.12. The maximum atomic E-state index is 12.0. The third-order valence-corrected chi connectivity index (χ3v) is 3.76. The van der Waals surface area contributed by atoms with Crippen molar-refractivity contribution in [3.8, 4) is 5.75 Å². The van der Waals surface area contributed by atoms with Crippen molar-refractivity contribution in [2.45, 2.75) is 13.8 Å². The first-order chi connectivity index (χ1) is 9.95. The average molecular weight is 369 g/mol. The van der Waals surface area contributed by atoms with Gasteiger partial charge in [0, 0.05) is 9.50 Å². The Kier molecular flexibility index (Phi) is 5.26. The fourth-order valence-corrected chi connectivity index (χ4v) is 2.83. The number of aryl methyl sites for hydroxylation is 2. The van der Waals surface area contributed by atoms with Crippen molar-refractivity contribution >= 4 is 39.1 Å². The largest absolute Gasteiger partial charge is 0.484 e. The van der Waals surface area contributed by atoms with Crippen LogP contribution in [0.2, 0.25) is 5.02 Å². The second kappa shape index (κ2) is 6.96. The topological polar surface area (TPSA) is 38.3 Å². The minimum atomic E-state index is -0.211. The first-order valence-corrected chi connectivity index (χ1v) is 7.58. The van der Waals surface area contributed by atoms with Gasteiger partial charge in [0.25, 0.3) is 5.91 Å². The van der Waals surface area contributed by atoms with Crippen LogP contribution >= 0.6 is 27.5 Å². The van der Waals surface area contributed by atoms with Crippen LogP contribution in [0.5, 0.6) is 5.75 Å². The molecule has 3 nitrogen and oxygen atoms in total. The van der Waals surface area contributed by atoms with Crippen LogP contribution in [-0.4, -0.2) is 12.5 Å². The van der Waals surface area contributed by atoms with E-state index in [2.05, 4.69) is 21.2 Å². The van der Waals surface area contributed by atoms with E-state index in [4.69, 9.17) is 16.3 Å². The van der Waals surface area contributed by atoms with E-state index in [1.54, 1.807) is 24.3 Å². The number of halogens is 2. The molecule has 0 fully saturated rings. The number of ether oxygens (including phenoxy) is 1. The fourth-order valence-electron chi connectivity index (χ4n) is 1.93. The van der Waals surface area contributed by atoms with E-state index in [0.717, 1.165) is 21.3 Å². The molecular weight excluding hydrogens is 354 g/mol. The van der Waals surface area contributed by atoms with Crippen LogP contribution in [0.15, 0.2) is 40.9 Å². The standard InChI is InChI=1S/C16H15BrClNO2/c1-10-7-11(2)16(14(17)8-10)19-15(20)9-21-13-5-3-12(18)4-6-13/h3-8H,9H2,1-2H3,(H,19,20). The van der Waals surface area contributed by atoms with Crippen LogP contribution in [-0.2, 0) is 4.79 Å². The molecule has 0 aromatic heterocycles. The van der Waals surface area contributed by atoms with Crippen LogP contribution < -0.4 is 10.1 Å². The predicted octanol–water partition coefficient (Wildman–Crippen LogP) is 4.74. The van der Waals surface area contributed by atoms with E-state index in [1.807, 2.05) is 26.0 Å². The lowest BCUT2D eigenvalue weighted by molar-refractivity contribution is -0.118. The normalized spacial score (nSPS) is 10.3. The number of hydrogen-bond acceptors (Lipinski definition) is 2. The van der Waals surface area contributed by atoms with E-state index in [1.165, 1.54) is 0 Å². The van der Waals surface area contributed by atoms with Gasteiger partial charge < -0.3 is 10.1 Å². The Bertz CT molecular complexity index is 633. The van der Waals surface area contributed by atoms with Crippen molar-refractivity contribution in [2.24, 2.45) is 0 Å². The predicted molar refractivity (Wildman–Crippen MR) is 89.2 cm³/mol. The van der Waals surface area contributed by atoms with E-state index in [-0.39, 0.29) is 12.5 Å². The third kappa shape index (κ3) is 4.48. The van der Waals surface area contributed by atoms with Gasteiger partial charge in [0.15, 0.2) is 6.61 Å². The molecule has 0 unspecified atom stereocenters. The summed E-state index contributed by atoms with van der Waals surface area (Å²) in [5.41, 5.74) is 2.90. The number of hydrogen-bond donors (Lipinski definition) is 1. The second-order valence-electron chi connectivity index (χ2n) is 4.73. The van der Waals surface area contributed by atoms with Crippen molar-refractivity contribution in [3.63, 3.8) is 0 Å². The SMILES string of the molecule is Cc1cc(C)c(NC(=O)COc2ccc(Cl)cc2)c(Br)c1. The Morgan fingerprint density at radius 1 is 1.24 bits per heavy atom. The Labute approximate surface area is 137 Å². The van der Waals surface area contributed by atoms with Crippen LogP contribution in [0.1, 0.15) is 11.1 Å². The van der Waals surface area contributed by atoms with Crippen LogP contribution in [0, 0.1) is 13.8 Å². The van der Waals surface area contributed by atoms with Crippen molar-refractivity contribution in [1.29, 1.82) is 0 Å². The highest BCUT2D eigenvalue weighted by Gasteiger charge is 2.09. The lowest BCUT2D eigenvalue weighted by Crippen LogP contribution is -2.21. The molecule has 2 rings (SSSR count). The van der Waals surface area contributed by atoms with Gasteiger partial charge in [-0.15, -0.1) is 0 Å². The number of carbonyl (C=O) groups excluding carboxylic acids is 1. The molecule has 0 saturated carbocycles. The first kappa shape index (κ1) is 15.9. The Hall–Kier alpha value is -1.52. The zero-order valence-electron chi connectivity index (χ0n) is 11.7. The molecule has 110 valence electrons. The van der Waals surface area contributed by atoms with Gasteiger partial charge >= 0.3 is 0 Å². The molecule has 1 amide bonds. The second-order valence-corrected chi connectivity index (χ2v) is 6.02. The van der Waals surface area contributed by atoms with E-state index in [9.17, 15) is 4.79 Å². The summed E-state index contributed by atoms with van der Waals surface area (Å²) in [6.45, 7) is 3.90. The number of carbonyl (C=O) groups is 1. The maximum Gasteiger partial charge on any atom is 0.262 e. The van der Waals surface area contributed by atoms with Crippen LogP contribution in [0.4, 0.5) is 5.69 Å². The van der Waals surface area contributed by atoms with Gasteiger partial charge in [0.05, 0.1) is 5.69 Å². The molecule has 1 N–H and O–H groups in total. The van der Waals surface area contributed by atoms with Gasteiger partial charge in [-0.2, -0.15) is 0 Å². The molecule has 0 radical (unpaired) electrons. The maximum absolute atomic E-state index is 12.0. The molecule has 0 aliphatic heterocycles. The number of anilines is 1. The summed E-state index contributed by atoms with van der Waals surface area (Å²) < 4.78 is 6.27. The van der Waals surface area contributed by atoms with Crippen molar-refractivity contribution in [2.75, 3.05) is 11.9 Å². The highest BCUT2D eigenvalue weighted by atomic mass is 79.9. The van der Waals surface area contributed by atoms with E-state index in [0.29, 0.717) is 10.8 Å². The smallest absolute Gasteiger partial charge is 0.262 e. The van der Waals surface area contributed by atoms with Crippen molar-refractivity contribution in [1.82, 2.24) is 0 Å². The Morgan fingerprint density at radius 3 is 2.52 bits per heavy atom. The highest BCUT2D eigenvalue weighted by molar-refractivity contribution is 9.10. The van der Waals surface area contributed by atoms with Gasteiger partial charge in [0.1, 0.15) is 5.75 Å². The number of amides is 1. The van der Waals surface area contributed by atoms with Gasteiger partial charge in [0.2, 0.25) is 0 Å². The Morgan fingerprint density at radius 2 is 1.90 bits per heavy atom. The molecule has 2 aromatic rings. The molecule has 2 aromatic carbocycles. The molecule has 5 heteroatoms. The number of rotatable bonds is 4. The minimum Gasteiger partial charge on any atom is -0.484 e. The van der Waals surface area contributed by atoms with Gasteiger partial charge in [-0.05, 0) is 71.2 Å². The minimum absolute atomic E-state index is 0.0542. The zero-order chi connectivity index (χ0) is 15.4. The highest BCUT2D eigenvalue weighted by Crippen LogP contribution is 2.27. The number of benzene rings is 2. The molecule has 0 saturated heterocycles. The zero-order valence-corrected chi connectivity index (χ0v) is 14.1. The molecule has 0 atom stereocenters. The number of nitrogens with one attached hydrogen (secondary N) is 1. The summed E-state index contributed by atoms with van der Waals surface area (Å²) in [6, 6.07) is 10.9. The van der Waals surface area contributed by atoms with Crippen molar-refractivity contribution < 1.29 is 9.53 Å². The van der Waals surface area contributed by atoms with Gasteiger partial charge in [-0.1, -0.05) is 17.7 Å². The summed E-state index contributed by atoms with van der Waals surface area (Å²) in [5.74, 6) is 0.395. The molecule has 0 aliphatic rings. The summed E-state index contributed by atoms with van der Waals surface area (Å²) in [4.78, 5) is 12.0. The molecule has 21 heavy (non-hydrogen) atoms. The van der Waals surface area contributed by atoms with Gasteiger partial charge in [-0.3, -0.25) is 4.79 Å². The average Bonchev–Trinajstić information content (AvgIpc) is 2.42.